The highest BCUT2D eigenvalue weighted by Gasteiger charge is 2.48. The van der Waals surface area contributed by atoms with Gasteiger partial charge in [-0.25, -0.2) is 9.37 Å². The van der Waals surface area contributed by atoms with E-state index in [9.17, 15) is 9.18 Å². The Labute approximate surface area is 162 Å². The highest BCUT2D eigenvalue weighted by molar-refractivity contribution is 7.09. The van der Waals surface area contributed by atoms with E-state index in [0.29, 0.717) is 29.3 Å². The molecule has 1 heterocycles. The molecule has 1 aromatic heterocycles. The van der Waals surface area contributed by atoms with Crippen molar-refractivity contribution in [2.75, 3.05) is 0 Å². The minimum Gasteiger partial charge on any atom is -0.486 e. The number of halogens is 1. The van der Waals surface area contributed by atoms with Gasteiger partial charge in [0.05, 0.1) is 0 Å². The first-order valence-electron chi connectivity index (χ1n) is 9.77. The second-order valence-corrected chi connectivity index (χ2v) is 9.24. The van der Waals surface area contributed by atoms with Crippen LogP contribution in [0.3, 0.4) is 0 Å². The third-order valence-corrected chi connectivity index (χ3v) is 7.31. The van der Waals surface area contributed by atoms with Crippen LogP contribution in [0.1, 0.15) is 47.6 Å². The molecule has 0 aliphatic heterocycles. The zero-order chi connectivity index (χ0) is 18.4. The summed E-state index contributed by atoms with van der Waals surface area (Å²) in [4.78, 5) is 17.1. The Balaban J connectivity index is 1.19. The number of carbonyl (C=O) groups is 1. The number of benzene rings is 1. The second-order valence-electron chi connectivity index (χ2n) is 8.30. The third-order valence-electron chi connectivity index (χ3n) is 6.48. The number of ether oxygens (including phenoxy) is 1. The zero-order valence-corrected chi connectivity index (χ0v) is 15.9. The second kappa shape index (κ2) is 6.89. The molecule has 1 N–H and O–H groups in total. The molecule has 4 nitrogen and oxygen atoms in total. The average molecular weight is 386 g/mol. The monoisotopic (exact) mass is 386 g/mol. The molecule has 27 heavy (non-hydrogen) atoms. The maximum Gasteiger partial charge on any atom is 0.270 e. The van der Waals surface area contributed by atoms with E-state index < -0.39 is 0 Å². The number of nitrogens with zero attached hydrogens (tertiary/aromatic N) is 1. The molecule has 6 rings (SSSR count). The van der Waals surface area contributed by atoms with E-state index in [4.69, 9.17) is 4.74 Å². The summed E-state index contributed by atoms with van der Waals surface area (Å²) in [6, 6.07) is 6.22. The van der Waals surface area contributed by atoms with Gasteiger partial charge in [-0.1, -0.05) is 0 Å². The van der Waals surface area contributed by atoms with Crippen LogP contribution in [0.2, 0.25) is 0 Å². The van der Waals surface area contributed by atoms with Crippen molar-refractivity contribution in [1.29, 1.82) is 0 Å². The number of nitrogens with one attached hydrogen (secondary N) is 1. The highest BCUT2D eigenvalue weighted by atomic mass is 32.1. The van der Waals surface area contributed by atoms with Crippen LogP contribution in [0.5, 0.6) is 5.75 Å². The van der Waals surface area contributed by atoms with Crippen LogP contribution in [0, 0.1) is 29.5 Å². The number of rotatable bonds is 5. The molecule has 4 aliphatic rings. The molecule has 1 aromatic carbocycles. The van der Waals surface area contributed by atoms with E-state index in [1.54, 1.807) is 17.5 Å². The van der Waals surface area contributed by atoms with Gasteiger partial charge < -0.3 is 10.1 Å². The van der Waals surface area contributed by atoms with Crippen LogP contribution in [0.4, 0.5) is 4.39 Å². The van der Waals surface area contributed by atoms with E-state index in [-0.39, 0.29) is 18.3 Å². The molecule has 1 amide bonds. The number of thiazole rings is 1. The van der Waals surface area contributed by atoms with E-state index in [0.717, 1.165) is 16.8 Å². The maximum atomic E-state index is 12.9. The predicted molar refractivity (Wildman–Crippen MR) is 101 cm³/mol. The fourth-order valence-corrected chi connectivity index (χ4v) is 6.23. The lowest BCUT2D eigenvalue weighted by Gasteiger charge is -2.54. The lowest BCUT2D eigenvalue weighted by molar-refractivity contribution is -0.0120. The summed E-state index contributed by atoms with van der Waals surface area (Å²) in [6.45, 7) is 0.279. The number of hydrogen-bond acceptors (Lipinski definition) is 4. The lowest BCUT2D eigenvalue weighted by Crippen LogP contribution is -2.55. The Morgan fingerprint density at radius 3 is 2.44 bits per heavy atom. The summed E-state index contributed by atoms with van der Waals surface area (Å²) < 4.78 is 18.5. The first-order valence-corrected chi connectivity index (χ1v) is 10.7. The van der Waals surface area contributed by atoms with Crippen molar-refractivity contribution >= 4 is 17.2 Å². The quantitative estimate of drug-likeness (QED) is 0.828. The molecule has 4 aliphatic carbocycles. The number of aromatic nitrogens is 1. The summed E-state index contributed by atoms with van der Waals surface area (Å²) >= 11 is 1.42. The summed E-state index contributed by atoms with van der Waals surface area (Å²) in [7, 11) is 0. The van der Waals surface area contributed by atoms with E-state index in [2.05, 4.69) is 10.3 Å². The maximum absolute atomic E-state index is 12.9. The first-order chi connectivity index (χ1) is 13.1. The Morgan fingerprint density at radius 2 is 1.78 bits per heavy atom. The predicted octanol–water partition coefficient (Wildman–Crippen LogP) is 4.42. The molecule has 0 spiro atoms. The lowest BCUT2D eigenvalue weighted by atomic mass is 9.54. The SMILES string of the molecule is O=C(NC1C2CC3CC(C2)CC1C3)c1csc(COc2ccc(F)cc2)n1. The molecule has 4 fully saturated rings. The summed E-state index contributed by atoms with van der Waals surface area (Å²) in [6.07, 6.45) is 6.55. The smallest absolute Gasteiger partial charge is 0.270 e. The Bertz CT molecular complexity index is 807. The number of hydrogen-bond donors (Lipinski definition) is 1. The van der Waals surface area contributed by atoms with Gasteiger partial charge in [0.1, 0.15) is 28.9 Å². The van der Waals surface area contributed by atoms with Crippen molar-refractivity contribution in [1.82, 2.24) is 10.3 Å². The van der Waals surface area contributed by atoms with Crippen molar-refractivity contribution in [3.05, 3.63) is 46.2 Å². The zero-order valence-electron chi connectivity index (χ0n) is 15.1. The minimum absolute atomic E-state index is 0.0586. The van der Waals surface area contributed by atoms with Gasteiger partial charge in [-0.15, -0.1) is 11.3 Å². The standard InChI is InChI=1S/C21H23FN2O2S/c22-16-1-3-17(4-2-16)26-10-19-23-18(11-27-19)21(25)24-20-14-6-12-5-13(8-14)9-15(20)7-12/h1-4,11-15,20H,5-10H2,(H,24,25). The van der Waals surface area contributed by atoms with Gasteiger partial charge in [0, 0.05) is 11.4 Å². The molecule has 6 heteroatoms. The third kappa shape index (κ3) is 3.47. The highest BCUT2D eigenvalue weighted by Crippen LogP contribution is 2.53. The van der Waals surface area contributed by atoms with Gasteiger partial charge >= 0.3 is 0 Å². The van der Waals surface area contributed by atoms with Crippen LogP contribution in [0.25, 0.3) is 0 Å². The molecule has 4 saturated carbocycles. The van der Waals surface area contributed by atoms with Gasteiger partial charge in [0.2, 0.25) is 0 Å². The molecule has 0 unspecified atom stereocenters. The topological polar surface area (TPSA) is 51.2 Å². The van der Waals surface area contributed by atoms with Gasteiger partial charge in [0.25, 0.3) is 5.91 Å². The fraction of sp³-hybridized carbons (Fsp3) is 0.524. The summed E-state index contributed by atoms with van der Waals surface area (Å²) in [5.41, 5.74) is 0.478. The van der Waals surface area contributed by atoms with Crippen molar-refractivity contribution in [3.63, 3.8) is 0 Å². The first kappa shape index (κ1) is 17.2. The van der Waals surface area contributed by atoms with Gasteiger partial charge in [0.15, 0.2) is 0 Å². The Hall–Kier alpha value is -1.95. The minimum atomic E-state index is -0.291. The van der Waals surface area contributed by atoms with Gasteiger partial charge in [-0.05, 0) is 80.0 Å². The van der Waals surface area contributed by atoms with Crippen LogP contribution in [-0.4, -0.2) is 16.9 Å². The van der Waals surface area contributed by atoms with Gasteiger partial charge in [-0.2, -0.15) is 0 Å². The molecule has 0 atom stereocenters. The molecule has 0 radical (unpaired) electrons. The van der Waals surface area contributed by atoms with Crippen molar-refractivity contribution in [3.8, 4) is 5.75 Å². The fourth-order valence-electron chi connectivity index (χ4n) is 5.54. The Morgan fingerprint density at radius 1 is 1.11 bits per heavy atom. The number of amides is 1. The van der Waals surface area contributed by atoms with Crippen LogP contribution in [0.15, 0.2) is 29.6 Å². The summed E-state index contributed by atoms with van der Waals surface area (Å²) in [5, 5.41) is 5.84. The van der Waals surface area contributed by atoms with E-state index in [1.807, 2.05) is 0 Å². The van der Waals surface area contributed by atoms with Crippen molar-refractivity contribution < 1.29 is 13.9 Å². The molecule has 142 valence electrons. The molecule has 2 aromatic rings. The molecule has 0 saturated heterocycles. The summed E-state index contributed by atoms with van der Waals surface area (Å²) in [5.74, 6) is 3.35. The van der Waals surface area contributed by atoms with Crippen LogP contribution in [-0.2, 0) is 6.61 Å². The van der Waals surface area contributed by atoms with E-state index >= 15 is 0 Å². The normalized spacial score (nSPS) is 31.1. The van der Waals surface area contributed by atoms with E-state index in [1.165, 1.54) is 55.6 Å². The molecular weight excluding hydrogens is 363 g/mol. The van der Waals surface area contributed by atoms with Crippen LogP contribution < -0.4 is 10.1 Å². The van der Waals surface area contributed by atoms with Crippen molar-refractivity contribution in [2.45, 2.75) is 44.8 Å². The Kier molecular flexibility index (Phi) is 4.38. The van der Waals surface area contributed by atoms with Crippen LogP contribution >= 0.6 is 11.3 Å². The molecular formula is C21H23FN2O2S. The largest absolute Gasteiger partial charge is 0.486 e. The van der Waals surface area contributed by atoms with Crippen molar-refractivity contribution in [2.24, 2.45) is 23.7 Å². The van der Waals surface area contributed by atoms with Gasteiger partial charge in [-0.3, -0.25) is 4.79 Å². The average Bonchev–Trinajstić information content (AvgIpc) is 3.13. The molecule has 4 bridgehead atoms. The number of carbonyl (C=O) groups excluding carboxylic acids is 1.